The lowest BCUT2D eigenvalue weighted by Gasteiger charge is -2.39. The van der Waals surface area contributed by atoms with Crippen LogP contribution in [0.3, 0.4) is 0 Å². The van der Waals surface area contributed by atoms with E-state index in [1.165, 1.54) is 24.3 Å². The Bertz CT molecular complexity index is 958. The van der Waals surface area contributed by atoms with E-state index in [9.17, 15) is 18.8 Å². The Morgan fingerprint density at radius 1 is 1.03 bits per heavy atom. The van der Waals surface area contributed by atoms with Gasteiger partial charge in [0.25, 0.3) is 5.91 Å². The van der Waals surface area contributed by atoms with Crippen LogP contribution in [0.25, 0.3) is 0 Å². The second kappa shape index (κ2) is 13.7. The first-order chi connectivity index (χ1) is 17.3. The number of halogens is 1. The topological polar surface area (TPSA) is 81.8 Å². The maximum absolute atomic E-state index is 13.7. The number of hydrogen-bond donors (Lipinski definition) is 2. The lowest BCUT2D eigenvalue weighted by molar-refractivity contribution is -0.140. The second-order valence-electron chi connectivity index (χ2n) is 11.1. The number of rotatable bonds is 10. The van der Waals surface area contributed by atoms with E-state index < -0.39 is 6.04 Å². The zero-order chi connectivity index (χ0) is 27.9. The van der Waals surface area contributed by atoms with Crippen molar-refractivity contribution >= 4 is 23.4 Å². The molecule has 1 aliphatic heterocycles. The van der Waals surface area contributed by atoms with Gasteiger partial charge in [-0.1, -0.05) is 40.2 Å². The van der Waals surface area contributed by atoms with Gasteiger partial charge in [-0.25, -0.2) is 4.39 Å². The summed E-state index contributed by atoms with van der Waals surface area (Å²) in [5.74, 6) is -1.05. The third kappa shape index (κ3) is 8.38. The first-order valence-corrected chi connectivity index (χ1v) is 13.4. The molecule has 3 atom stereocenters. The highest BCUT2D eigenvalue weighted by atomic mass is 19.1. The van der Waals surface area contributed by atoms with Crippen molar-refractivity contribution in [2.24, 2.45) is 11.8 Å². The van der Waals surface area contributed by atoms with Crippen molar-refractivity contribution in [2.75, 3.05) is 18.9 Å². The van der Waals surface area contributed by atoms with Gasteiger partial charge in [0.1, 0.15) is 11.9 Å². The minimum atomic E-state index is -0.670. The number of piperidine rings is 1. The number of likely N-dealkylation sites (N-methyl/N-ethyl adjacent to an activating group) is 1. The summed E-state index contributed by atoms with van der Waals surface area (Å²) in [6.07, 6.45) is 4.65. The first-order valence-electron chi connectivity index (χ1n) is 13.4. The molecule has 1 aromatic carbocycles. The zero-order valence-corrected chi connectivity index (χ0v) is 23.7. The molecule has 8 heteroatoms. The quantitative estimate of drug-likeness (QED) is 0.446. The van der Waals surface area contributed by atoms with Gasteiger partial charge in [-0.2, -0.15) is 0 Å². The molecule has 0 bridgehead atoms. The molecule has 2 unspecified atom stereocenters. The number of carbonyl (C=O) groups excluding carboxylic acids is 3. The van der Waals surface area contributed by atoms with Gasteiger partial charge in [0.15, 0.2) is 0 Å². The Kier molecular flexibility index (Phi) is 11.3. The number of anilines is 1. The van der Waals surface area contributed by atoms with Crippen molar-refractivity contribution < 1.29 is 18.8 Å². The van der Waals surface area contributed by atoms with Crippen molar-refractivity contribution in [3.8, 4) is 0 Å². The number of nitrogens with zero attached hydrogens (tertiary/aromatic N) is 2. The van der Waals surface area contributed by atoms with Crippen LogP contribution in [0.2, 0.25) is 0 Å². The molecule has 1 aromatic rings. The normalized spacial score (nSPS) is 18.6. The molecule has 1 fully saturated rings. The number of carbonyl (C=O) groups is 3. The summed E-state index contributed by atoms with van der Waals surface area (Å²) < 4.78 is 13.2. The molecule has 0 saturated carbocycles. The van der Waals surface area contributed by atoms with Crippen LogP contribution in [0, 0.1) is 17.7 Å². The Morgan fingerprint density at radius 3 is 2.19 bits per heavy atom. The molecule has 0 aliphatic carbocycles. The molecule has 206 valence electrons. The van der Waals surface area contributed by atoms with Crippen molar-refractivity contribution in [2.45, 2.75) is 91.9 Å². The van der Waals surface area contributed by atoms with Crippen molar-refractivity contribution in [1.82, 2.24) is 15.1 Å². The largest absolute Gasteiger partial charge is 0.343 e. The lowest BCUT2D eigenvalue weighted by atomic mass is 9.95. The Morgan fingerprint density at radius 2 is 1.65 bits per heavy atom. The smallest absolute Gasteiger partial charge is 0.251 e. The van der Waals surface area contributed by atoms with E-state index in [2.05, 4.69) is 29.4 Å². The summed E-state index contributed by atoms with van der Waals surface area (Å²) >= 11 is 0. The molecule has 37 heavy (non-hydrogen) atoms. The number of nitrogens with one attached hydrogen (secondary N) is 2. The third-order valence-electron chi connectivity index (χ3n) is 7.10. The Hall–Kier alpha value is -2.74. The van der Waals surface area contributed by atoms with Crippen LogP contribution >= 0.6 is 0 Å². The van der Waals surface area contributed by atoms with E-state index in [0.29, 0.717) is 11.3 Å². The van der Waals surface area contributed by atoms with Gasteiger partial charge in [-0.05, 0) is 76.3 Å². The molecular formula is C29H45FN4O3. The summed E-state index contributed by atoms with van der Waals surface area (Å²) in [6.45, 7) is 14.6. The van der Waals surface area contributed by atoms with Crippen molar-refractivity contribution in [3.63, 3.8) is 0 Å². The fourth-order valence-corrected chi connectivity index (χ4v) is 4.83. The predicted molar refractivity (Wildman–Crippen MR) is 146 cm³/mol. The highest BCUT2D eigenvalue weighted by Crippen LogP contribution is 2.22. The summed E-state index contributed by atoms with van der Waals surface area (Å²) in [7, 11) is 1.72. The van der Waals surface area contributed by atoms with E-state index in [-0.39, 0.29) is 53.5 Å². The van der Waals surface area contributed by atoms with Crippen LogP contribution in [-0.4, -0.2) is 65.3 Å². The molecule has 1 saturated heterocycles. The predicted octanol–water partition coefficient (Wildman–Crippen LogP) is 4.60. The maximum Gasteiger partial charge on any atom is 0.251 e. The molecule has 1 aliphatic rings. The van der Waals surface area contributed by atoms with Gasteiger partial charge >= 0.3 is 0 Å². The van der Waals surface area contributed by atoms with E-state index >= 15 is 0 Å². The summed E-state index contributed by atoms with van der Waals surface area (Å²) in [4.78, 5) is 43.6. The van der Waals surface area contributed by atoms with Gasteiger partial charge in [-0.3, -0.25) is 19.3 Å². The third-order valence-corrected chi connectivity index (χ3v) is 7.10. The molecular weight excluding hydrogens is 471 g/mol. The van der Waals surface area contributed by atoms with Crippen molar-refractivity contribution in [3.05, 3.63) is 41.7 Å². The maximum atomic E-state index is 13.7. The van der Waals surface area contributed by atoms with E-state index in [1.54, 1.807) is 24.9 Å². The van der Waals surface area contributed by atoms with Crippen LogP contribution in [0.1, 0.15) is 67.7 Å². The van der Waals surface area contributed by atoms with E-state index in [1.807, 2.05) is 27.7 Å². The number of likely N-dealkylation sites (tertiary alicyclic amines) is 1. The van der Waals surface area contributed by atoms with E-state index in [0.717, 1.165) is 25.8 Å². The summed E-state index contributed by atoms with van der Waals surface area (Å²) in [6, 6.07) is 4.57. The van der Waals surface area contributed by atoms with Gasteiger partial charge in [-0.15, -0.1) is 0 Å². The summed E-state index contributed by atoms with van der Waals surface area (Å²) in [5, 5.41) is 5.82. The number of benzene rings is 1. The second-order valence-corrected chi connectivity index (χ2v) is 11.1. The average Bonchev–Trinajstić information content (AvgIpc) is 2.85. The van der Waals surface area contributed by atoms with E-state index in [4.69, 9.17) is 0 Å². The van der Waals surface area contributed by atoms with Gasteiger partial charge in [0, 0.05) is 24.4 Å². The van der Waals surface area contributed by atoms with Gasteiger partial charge in [0.2, 0.25) is 11.8 Å². The van der Waals surface area contributed by atoms with Crippen LogP contribution in [0.5, 0.6) is 0 Å². The lowest BCUT2D eigenvalue weighted by Crippen LogP contribution is -2.58. The minimum absolute atomic E-state index is 0.0285. The van der Waals surface area contributed by atoms with Crippen molar-refractivity contribution in [1.29, 1.82) is 0 Å². The molecule has 1 heterocycles. The SMILES string of the molecule is C/C(=C\[C@H](C(C)C)N(C)C(=O)C(NC(=O)C1CCCCN1C(C)C)C(C)C)C(=O)Nc1ccc(F)cc1. The molecule has 2 N–H and O–H groups in total. The van der Waals surface area contributed by atoms with Gasteiger partial charge in [0.05, 0.1) is 12.1 Å². The molecule has 0 radical (unpaired) electrons. The van der Waals surface area contributed by atoms with Crippen LogP contribution < -0.4 is 10.6 Å². The molecule has 2 rings (SSSR count). The fraction of sp³-hybridized carbons (Fsp3) is 0.621. The molecule has 0 spiro atoms. The Balaban J connectivity index is 2.17. The highest BCUT2D eigenvalue weighted by molar-refractivity contribution is 6.03. The fourth-order valence-electron chi connectivity index (χ4n) is 4.83. The Labute approximate surface area is 221 Å². The average molecular weight is 517 g/mol. The van der Waals surface area contributed by atoms with Crippen LogP contribution in [0.4, 0.5) is 10.1 Å². The molecule has 7 nitrogen and oxygen atoms in total. The minimum Gasteiger partial charge on any atom is -0.343 e. The zero-order valence-electron chi connectivity index (χ0n) is 23.7. The monoisotopic (exact) mass is 516 g/mol. The van der Waals surface area contributed by atoms with Crippen LogP contribution in [0.15, 0.2) is 35.9 Å². The summed E-state index contributed by atoms with van der Waals surface area (Å²) in [5.41, 5.74) is 0.938. The molecule has 3 amide bonds. The van der Waals surface area contributed by atoms with Gasteiger partial charge < -0.3 is 15.5 Å². The standard InChI is InChI=1S/C29H45FN4O3/c1-18(2)25(17-21(7)27(35)31-23-14-12-22(30)13-15-23)33(8)29(37)26(19(3)4)32-28(36)24-11-9-10-16-34(24)20(5)6/h12-15,17-20,24-26H,9-11,16H2,1-8H3,(H,31,35)(H,32,36)/b21-17+/t24?,25-,26?/m1/s1. The number of hydrogen-bond acceptors (Lipinski definition) is 4. The molecule has 0 aromatic heterocycles. The van der Waals surface area contributed by atoms with Crippen LogP contribution in [-0.2, 0) is 14.4 Å². The number of amides is 3. The first kappa shape index (κ1) is 30.5. The highest BCUT2D eigenvalue weighted by Gasteiger charge is 2.36.